The van der Waals surface area contributed by atoms with E-state index >= 15 is 0 Å². The third kappa shape index (κ3) is 4.54. The molecule has 0 atom stereocenters. The van der Waals surface area contributed by atoms with E-state index in [1.54, 1.807) is 0 Å². The number of benzene rings is 8. The Balaban J connectivity index is 1.19. The van der Waals surface area contributed by atoms with Crippen molar-refractivity contribution >= 4 is 70.1 Å². The van der Waals surface area contributed by atoms with Gasteiger partial charge in [0.25, 0.3) is 0 Å². The number of rotatable bonds is 5. The van der Waals surface area contributed by atoms with Crippen molar-refractivity contribution in [3.05, 3.63) is 176 Å². The molecule has 8 aromatic carbocycles. The molecule has 0 aliphatic rings. The molecular formula is C44H29NS. The van der Waals surface area contributed by atoms with Crippen molar-refractivity contribution in [2.45, 2.75) is 0 Å². The van der Waals surface area contributed by atoms with Crippen molar-refractivity contribution in [1.82, 2.24) is 0 Å². The summed E-state index contributed by atoms with van der Waals surface area (Å²) < 4.78 is 2.66. The smallest absolute Gasteiger partial charge is 0.0546 e. The van der Waals surface area contributed by atoms with Gasteiger partial charge in [-0.3, -0.25) is 0 Å². The molecule has 0 unspecified atom stereocenters. The van der Waals surface area contributed by atoms with Gasteiger partial charge in [-0.05, 0) is 86.9 Å². The summed E-state index contributed by atoms with van der Waals surface area (Å²) in [5.74, 6) is 0. The SMILES string of the molecule is c1ccc(-c2ccc(N(c3ccc(-c4ccc5sc6ccccc6c5c4)cc3)c3cccc4ccc5ccccc5c34)cc2)cc1. The molecule has 1 heterocycles. The summed E-state index contributed by atoms with van der Waals surface area (Å²) in [6.45, 7) is 0. The normalized spacial score (nSPS) is 11.5. The maximum atomic E-state index is 2.41. The number of anilines is 3. The largest absolute Gasteiger partial charge is 0.310 e. The maximum absolute atomic E-state index is 2.41. The quantitative estimate of drug-likeness (QED) is 0.177. The molecule has 0 amide bonds. The second-order valence-electron chi connectivity index (χ2n) is 11.8. The van der Waals surface area contributed by atoms with Gasteiger partial charge in [-0.2, -0.15) is 0 Å². The molecule has 0 radical (unpaired) electrons. The van der Waals surface area contributed by atoms with Crippen molar-refractivity contribution in [2.75, 3.05) is 4.90 Å². The van der Waals surface area contributed by atoms with Crippen LogP contribution >= 0.6 is 11.3 Å². The zero-order valence-corrected chi connectivity index (χ0v) is 25.9. The summed E-state index contributed by atoms with van der Waals surface area (Å²) in [4.78, 5) is 2.41. The molecule has 0 aliphatic carbocycles. The first-order valence-corrected chi connectivity index (χ1v) is 16.5. The van der Waals surface area contributed by atoms with Gasteiger partial charge in [0, 0.05) is 36.9 Å². The molecule has 1 nitrogen and oxygen atoms in total. The highest BCUT2D eigenvalue weighted by atomic mass is 32.1. The first kappa shape index (κ1) is 26.7. The van der Waals surface area contributed by atoms with Gasteiger partial charge in [0.2, 0.25) is 0 Å². The van der Waals surface area contributed by atoms with Crippen molar-refractivity contribution in [3.8, 4) is 22.3 Å². The second-order valence-corrected chi connectivity index (χ2v) is 12.9. The van der Waals surface area contributed by atoms with Gasteiger partial charge in [-0.1, -0.05) is 127 Å². The van der Waals surface area contributed by atoms with E-state index in [0.717, 1.165) is 11.4 Å². The molecule has 0 saturated heterocycles. The van der Waals surface area contributed by atoms with Gasteiger partial charge in [0.05, 0.1) is 5.69 Å². The molecule has 0 fully saturated rings. The molecule has 0 N–H and O–H groups in total. The van der Waals surface area contributed by atoms with Crippen LogP contribution < -0.4 is 4.90 Å². The van der Waals surface area contributed by atoms with Gasteiger partial charge < -0.3 is 4.90 Å². The Hall–Kier alpha value is -5.70. The van der Waals surface area contributed by atoms with Crippen molar-refractivity contribution in [2.24, 2.45) is 0 Å². The average Bonchev–Trinajstić information content (AvgIpc) is 3.51. The Morgan fingerprint density at radius 3 is 1.70 bits per heavy atom. The summed E-state index contributed by atoms with van der Waals surface area (Å²) in [6.07, 6.45) is 0. The zero-order valence-electron chi connectivity index (χ0n) is 25.1. The van der Waals surface area contributed by atoms with E-state index in [1.807, 2.05) is 11.3 Å². The molecule has 1 aromatic heterocycles. The minimum Gasteiger partial charge on any atom is -0.310 e. The lowest BCUT2D eigenvalue weighted by Crippen LogP contribution is -2.10. The third-order valence-electron chi connectivity index (χ3n) is 9.06. The van der Waals surface area contributed by atoms with Crippen LogP contribution in [-0.2, 0) is 0 Å². The fraction of sp³-hybridized carbons (Fsp3) is 0. The molecule has 0 bridgehead atoms. The highest BCUT2D eigenvalue weighted by Crippen LogP contribution is 2.43. The second kappa shape index (κ2) is 11.0. The van der Waals surface area contributed by atoms with Crippen LogP contribution in [0.15, 0.2) is 176 Å². The van der Waals surface area contributed by atoms with Crippen molar-refractivity contribution in [1.29, 1.82) is 0 Å². The molecule has 46 heavy (non-hydrogen) atoms. The van der Waals surface area contributed by atoms with E-state index in [9.17, 15) is 0 Å². The maximum Gasteiger partial charge on any atom is 0.0546 e. The molecular weight excluding hydrogens is 575 g/mol. The van der Waals surface area contributed by atoms with Gasteiger partial charge in [0.1, 0.15) is 0 Å². The van der Waals surface area contributed by atoms with Crippen LogP contribution in [0.3, 0.4) is 0 Å². The Morgan fingerprint density at radius 2 is 0.913 bits per heavy atom. The monoisotopic (exact) mass is 603 g/mol. The molecule has 0 saturated carbocycles. The van der Waals surface area contributed by atoms with E-state index in [-0.39, 0.29) is 0 Å². The Labute approximate surface area is 272 Å². The topological polar surface area (TPSA) is 3.24 Å². The minimum atomic E-state index is 1.12. The third-order valence-corrected chi connectivity index (χ3v) is 10.2. The lowest BCUT2D eigenvalue weighted by Gasteiger charge is -2.28. The van der Waals surface area contributed by atoms with Crippen LogP contribution in [0.2, 0.25) is 0 Å². The lowest BCUT2D eigenvalue weighted by molar-refractivity contribution is 1.30. The Morgan fingerprint density at radius 1 is 0.348 bits per heavy atom. The lowest BCUT2D eigenvalue weighted by atomic mass is 9.98. The van der Waals surface area contributed by atoms with Gasteiger partial charge in [0.15, 0.2) is 0 Å². The molecule has 9 rings (SSSR count). The number of nitrogens with zero attached hydrogens (tertiary/aromatic N) is 1. The minimum absolute atomic E-state index is 1.12. The van der Waals surface area contributed by atoms with Crippen LogP contribution in [0.25, 0.3) is 64.0 Å². The Kier molecular flexibility index (Phi) is 6.40. The van der Waals surface area contributed by atoms with E-state index in [2.05, 4.69) is 181 Å². The average molecular weight is 604 g/mol. The van der Waals surface area contributed by atoms with Gasteiger partial charge in [-0.25, -0.2) is 0 Å². The zero-order chi connectivity index (χ0) is 30.5. The van der Waals surface area contributed by atoms with Crippen molar-refractivity contribution < 1.29 is 0 Å². The molecule has 0 spiro atoms. The first-order valence-electron chi connectivity index (χ1n) is 15.7. The number of fused-ring (bicyclic) bond motifs is 6. The summed E-state index contributed by atoms with van der Waals surface area (Å²) in [6, 6.07) is 64.0. The summed E-state index contributed by atoms with van der Waals surface area (Å²) in [5, 5.41) is 7.64. The van der Waals surface area contributed by atoms with Gasteiger partial charge in [-0.15, -0.1) is 11.3 Å². The van der Waals surface area contributed by atoms with Crippen LogP contribution in [0.5, 0.6) is 0 Å². The summed E-state index contributed by atoms with van der Waals surface area (Å²) in [5.41, 5.74) is 8.29. The highest BCUT2D eigenvalue weighted by Gasteiger charge is 2.17. The summed E-state index contributed by atoms with van der Waals surface area (Å²) >= 11 is 1.86. The number of thiophene rings is 1. The molecule has 216 valence electrons. The fourth-order valence-electron chi connectivity index (χ4n) is 6.80. The Bertz CT molecular complexity index is 2510. The summed E-state index contributed by atoms with van der Waals surface area (Å²) in [7, 11) is 0. The van der Waals surface area contributed by atoms with Crippen LogP contribution in [0.1, 0.15) is 0 Å². The van der Waals surface area contributed by atoms with E-state index in [0.29, 0.717) is 0 Å². The van der Waals surface area contributed by atoms with Crippen molar-refractivity contribution in [3.63, 3.8) is 0 Å². The van der Waals surface area contributed by atoms with E-state index in [1.165, 1.54) is 69.7 Å². The van der Waals surface area contributed by atoms with E-state index in [4.69, 9.17) is 0 Å². The van der Waals surface area contributed by atoms with Crippen LogP contribution in [0, 0.1) is 0 Å². The molecule has 9 aromatic rings. The predicted molar refractivity (Wildman–Crippen MR) is 200 cm³/mol. The van der Waals surface area contributed by atoms with E-state index < -0.39 is 0 Å². The van der Waals surface area contributed by atoms with Crippen LogP contribution in [-0.4, -0.2) is 0 Å². The van der Waals surface area contributed by atoms with Gasteiger partial charge >= 0.3 is 0 Å². The first-order chi connectivity index (χ1) is 22.8. The predicted octanol–water partition coefficient (Wildman–Crippen LogP) is 13.2. The van der Waals surface area contributed by atoms with Crippen LogP contribution in [0.4, 0.5) is 17.1 Å². The number of hydrogen-bond acceptors (Lipinski definition) is 2. The number of hydrogen-bond donors (Lipinski definition) is 0. The molecule has 0 aliphatic heterocycles. The fourth-order valence-corrected chi connectivity index (χ4v) is 7.88. The highest BCUT2D eigenvalue weighted by molar-refractivity contribution is 7.25. The standard InChI is InChI=1S/C44H29NS/c1-2-9-30(10-3-1)31-19-24-36(25-20-31)45(41-15-8-12-34-18-17-33-11-4-5-13-38(33)44(34)41)37-26-21-32(22-27-37)35-23-28-43-40(29-35)39-14-6-7-16-42(39)46-43/h1-29H. The molecule has 2 heteroatoms.